The van der Waals surface area contributed by atoms with Crippen LogP contribution in [0.25, 0.3) is 5.69 Å². The first-order valence-electron chi connectivity index (χ1n) is 7.82. The van der Waals surface area contributed by atoms with Gasteiger partial charge >= 0.3 is 0 Å². The van der Waals surface area contributed by atoms with Crippen molar-refractivity contribution in [1.82, 2.24) is 14.7 Å². The number of benzene rings is 2. The maximum absolute atomic E-state index is 12.4. The van der Waals surface area contributed by atoms with E-state index < -0.39 is 6.10 Å². The van der Waals surface area contributed by atoms with Gasteiger partial charge in [-0.25, -0.2) is 4.68 Å². The Morgan fingerprint density at radius 2 is 2.00 bits per heavy atom. The predicted octanol–water partition coefficient (Wildman–Crippen LogP) is 3.22. The van der Waals surface area contributed by atoms with Crippen LogP contribution < -0.4 is 0 Å². The van der Waals surface area contributed by atoms with E-state index in [1.807, 2.05) is 36.5 Å². The second-order valence-corrected chi connectivity index (χ2v) is 6.21. The van der Waals surface area contributed by atoms with Gasteiger partial charge in [0.15, 0.2) is 6.10 Å². The lowest BCUT2D eigenvalue weighted by Crippen LogP contribution is -2.31. The molecule has 0 fully saturated rings. The molecular formula is C19H18ClN3O2. The molecule has 0 radical (unpaired) electrons. The maximum Gasteiger partial charge on any atom is 0.256 e. The first kappa shape index (κ1) is 17.2. The quantitative estimate of drug-likeness (QED) is 0.764. The van der Waals surface area contributed by atoms with E-state index in [0.717, 1.165) is 11.3 Å². The number of amides is 1. The standard InChI is InChI=1S/C19H18ClN3O2/c1-22(19(25)18(24)15-4-2-5-16(20)12-15)13-14-6-8-17(9-7-14)23-11-3-10-21-23/h2-12,18,24H,13H2,1H3. The van der Waals surface area contributed by atoms with Crippen LogP contribution in [0.15, 0.2) is 67.0 Å². The van der Waals surface area contributed by atoms with Crippen LogP contribution in [-0.2, 0) is 11.3 Å². The molecule has 3 rings (SSSR count). The molecule has 1 amide bonds. The minimum absolute atomic E-state index is 0.376. The summed E-state index contributed by atoms with van der Waals surface area (Å²) in [6, 6.07) is 16.3. The smallest absolute Gasteiger partial charge is 0.256 e. The zero-order chi connectivity index (χ0) is 17.8. The highest BCUT2D eigenvalue weighted by atomic mass is 35.5. The lowest BCUT2D eigenvalue weighted by Gasteiger charge is -2.21. The van der Waals surface area contributed by atoms with Gasteiger partial charge in [-0.2, -0.15) is 5.10 Å². The molecular weight excluding hydrogens is 338 g/mol. The van der Waals surface area contributed by atoms with Crippen molar-refractivity contribution in [3.05, 3.63) is 83.1 Å². The zero-order valence-corrected chi connectivity index (χ0v) is 14.5. The minimum atomic E-state index is -1.23. The van der Waals surface area contributed by atoms with E-state index >= 15 is 0 Å². The second kappa shape index (κ2) is 7.51. The average molecular weight is 356 g/mol. The van der Waals surface area contributed by atoms with Crippen molar-refractivity contribution in [2.45, 2.75) is 12.6 Å². The summed E-state index contributed by atoms with van der Waals surface area (Å²) in [4.78, 5) is 13.9. The van der Waals surface area contributed by atoms with Crippen LogP contribution in [0.2, 0.25) is 5.02 Å². The number of likely N-dealkylation sites (N-methyl/N-ethyl adjacent to an activating group) is 1. The lowest BCUT2D eigenvalue weighted by atomic mass is 10.1. The Bertz CT molecular complexity index is 847. The Balaban J connectivity index is 1.67. The molecule has 0 saturated carbocycles. The summed E-state index contributed by atoms with van der Waals surface area (Å²) in [6.45, 7) is 0.399. The van der Waals surface area contributed by atoms with Gasteiger partial charge in [-0.05, 0) is 41.5 Å². The van der Waals surface area contributed by atoms with E-state index in [-0.39, 0.29) is 5.91 Å². The Morgan fingerprint density at radius 1 is 1.24 bits per heavy atom. The summed E-state index contributed by atoms with van der Waals surface area (Å²) in [5.74, 6) is -0.376. The minimum Gasteiger partial charge on any atom is -0.378 e. The summed E-state index contributed by atoms with van der Waals surface area (Å²) in [6.07, 6.45) is 2.36. The molecule has 3 aromatic rings. The summed E-state index contributed by atoms with van der Waals surface area (Å²) >= 11 is 5.92. The summed E-state index contributed by atoms with van der Waals surface area (Å²) in [5.41, 5.74) is 2.39. The maximum atomic E-state index is 12.4. The number of carbonyl (C=O) groups excluding carboxylic acids is 1. The highest BCUT2D eigenvalue weighted by molar-refractivity contribution is 6.30. The van der Waals surface area contributed by atoms with E-state index in [1.165, 1.54) is 4.90 Å². The van der Waals surface area contributed by atoms with Crippen molar-refractivity contribution in [1.29, 1.82) is 0 Å². The number of hydrogen-bond donors (Lipinski definition) is 1. The predicted molar refractivity (Wildman–Crippen MR) is 96.4 cm³/mol. The fraction of sp³-hybridized carbons (Fsp3) is 0.158. The number of halogens is 1. The van der Waals surface area contributed by atoms with Crippen molar-refractivity contribution < 1.29 is 9.90 Å². The van der Waals surface area contributed by atoms with Crippen LogP contribution in [0.3, 0.4) is 0 Å². The highest BCUT2D eigenvalue weighted by Crippen LogP contribution is 2.20. The lowest BCUT2D eigenvalue weighted by molar-refractivity contribution is -0.139. The van der Waals surface area contributed by atoms with Gasteiger partial charge in [0.2, 0.25) is 0 Å². The molecule has 1 atom stereocenters. The molecule has 2 aromatic carbocycles. The zero-order valence-electron chi connectivity index (χ0n) is 13.7. The molecule has 1 aromatic heterocycles. The first-order valence-corrected chi connectivity index (χ1v) is 8.20. The van der Waals surface area contributed by atoms with Gasteiger partial charge in [0.25, 0.3) is 5.91 Å². The molecule has 0 saturated heterocycles. The van der Waals surface area contributed by atoms with Crippen molar-refractivity contribution >= 4 is 17.5 Å². The number of rotatable bonds is 5. The number of hydrogen-bond acceptors (Lipinski definition) is 3. The van der Waals surface area contributed by atoms with Crippen LogP contribution in [-0.4, -0.2) is 32.7 Å². The fourth-order valence-corrected chi connectivity index (χ4v) is 2.75. The SMILES string of the molecule is CN(Cc1ccc(-n2cccn2)cc1)C(=O)C(O)c1cccc(Cl)c1. The van der Waals surface area contributed by atoms with E-state index in [1.54, 1.807) is 42.2 Å². The van der Waals surface area contributed by atoms with Gasteiger partial charge in [0.05, 0.1) is 5.69 Å². The third-order valence-electron chi connectivity index (χ3n) is 3.90. The largest absolute Gasteiger partial charge is 0.378 e. The fourth-order valence-electron chi connectivity index (χ4n) is 2.56. The molecule has 1 heterocycles. The normalized spacial score (nSPS) is 12.0. The molecule has 0 aliphatic heterocycles. The Labute approximate surface area is 151 Å². The summed E-state index contributed by atoms with van der Waals surface area (Å²) < 4.78 is 1.77. The van der Waals surface area contributed by atoms with Crippen molar-refractivity contribution in [2.24, 2.45) is 0 Å². The van der Waals surface area contributed by atoms with Crippen LogP contribution in [0.1, 0.15) is 17.2 Å². The molecule has 6 heteroatoms. The van der Waals surface area contributed by atoms with Gasteiger partial charge in [0.1, 0.15) is 0 Å². The van der Waals surface area contributed by atoms with Gasteiger partial charge < -0.3 is 10.0 Å². The molecule has 0 spiro atoms. The van der Waals surface area contributed by atoms with E-state index in [9.17, 15) is 9.90 Å². The summed E-state index contributed by atoms with van der Waals surface area (Å²) in [5, 5.41) is 14.9. The van der Waals surface area contributed by atoms with E-state index in [2.05, 4.69) is 5.10 Å². The summed E-state index contributed by atoms with van der Waals surface area (Å²) in [7, 11) is 1.66. The average Bonchev–Trinajstić information content (AvgIpc) is 3.15. The van der Waals surface area contributed by atoms with Crippen molar-refractivity contribution in [2.75, 3.05) is 7.05 Å². The molecule has 1 N–H and O–H groups in total. The van der Waals surface area contributed by atoms with Crippen LogP contribution in [0.4, 0.5) is 0 Å². The first-order chi connectivity index (χ1) is 12.0. The van der Waals surface area contributed by atoms with Crippen LogP contribution in [0.5, 0.6) is 0 Å². The number of aliphatic hydroxyl groups is 1. The van der Waals surface area contributed by atoms with Gasteiger partial charge in [0, 0.05) is 31.0 Å². The number of nitrogens with zero attached hydrogens (tertiary/aromatic N) is 3. The second-order valence-electron chi connectivity index (χ2n) is 5.77. The van der Waals surface area contributed by atoms with Crippen molar-refractivity contribution in [3.8, 4) is 5.69 Å². The van der Waals surface area contributed by atoms with E-state index in [0.29, 0.717) is 17.1 Å². The third-order valence-corrected chi connectivity index (χ3v) is 4.13. The van der Waals surface area contributed by atoms with E-state index in [4.69, 9.17) is 11.6 Å². The Morgan fingerprint density at radius 3 is 2.64 bits per heavy atom. The number of aliphatic hydroxyl groups excluding tert-OH is 1. The Kier molecular flexibility index (Phi) is 5.16. The number of aromatic nitrogens is 2. The highest BCUT2D eigenvalue weighted by Gasteiger charge is 2.21. The molecule has 0 aliphatic rings. The number of carbonyl (C=O) groups is 1. The van der Waals surface area contributed by atoms with Gasteiger partial charge in [-0.1, -0.05) is 35.9 Å². The van der Waals surface area contributed by atoms with Crippen LogP contribution >= 0.6 is 11.6 Å². The van der Waals surface area contributed by atoms with Gasteiger partial charge in [-0.3, -0.25) is 4.79 Å². The third kappa shape index (κ3) is 4.07. The van der Waals surface area contributed by atoms with Crippen LogP contribution in [0, 0.1) is 0 Å². The topological polar surface area (TPSA) is 58.4 Å². The molecule has 1 unspecified atom stereocenters. The monoisotopic (exact) mass is 355 g/mol. The van der Waals surface area contributed by atoms with Gasteiger partial charge in [-0.15, -0.1) is 0 Å². The molecule has 0 bridgehead atoms. The molecule has 25 heavy (non-hydrogen) atoms. The van der Waals surface area contributed by atoms with Crippen molar-refractivity contribution in [3.63, 3.8) is 0 Å². The molecule has 5 nitrogen and oxygen atoms in total. The Hall–Kier alpha value is -2.63. The molecule has 128 valence electrons. The molecule has 0 aliphatic carbocycles.